The van der Waals surface area contributed by atoms with E-state index >= 15 is 0 Å². The van der Waals surface area contributed by atoms with Crippen molar-refractivity contribution in [2.24, 2.45) is 0 Å². The van der Waals surface area contributed by atoms with Crippen LogP contribution in [0.25, 0.3) is 0 Å². The summed E-state index contributed by atoms with van der Waals surface area (Å²) in [6, 6.07) is 14.5. The molecular weight excluding hydrogens is 387 g/mol. The Morgan fingerprint density at radius 2 is 1.90 bits per heavy atom. The van der Waals surface area contributed by atoms with Gasteiger partial charge >= 0.3 is 0 Å². The smallest absolute Gasteiger partial charge is 0.289 e. The Hall–Kier alpha value is -3.06. The quantitative estimate of drug-likeness (QED) is 0.818. The van der Waals surface area contributed by atoms with Gasteiger partial charge in [-0.15, -0.1) is 0 Å². The molecule has 0 fully saturated rings. The van der Waals surface area contributed by atoms with Gasteiger partial charge in [-0.2, -0.15) is 0 Å². The van der Waals surface area contributed by atoms with Gasteiger partial charge in [-0.25, -0.2) is 4.39 Å². The predicted molar refractivity (Wildman–Crippen MR) is 109 cm³/mol. The zero-order valence-corrected chi connectivity index (χ0v) is 16.9. The minimum Gasteiger partial charge on any atom is -0.491 e. The molecule has 0 bridgehead atoms. The van der Waals surface area contributed by atoms with Gasteiger partial charge in [0, 0.05) is 37.3 Å². The van der Waals surface area contributed by atoms with E-state index in [1.54, 1.807) is 19.1 Å². The van der Waals surface area contributed by atoms with Crippen LogP contribution in [0.4, 0.5) is 4.39 Å². The molecule has 7 heteroatoms. The van der Waals surface area contributed by atoms with E-state index in [1.807, 2.05) is 30.3 Å². The molecule has 2 aromatic rings. The molecule has 0 saturated heterocycles. The number of hydrogen-bond donors (Lipinski definition) is 1. The molecule has 2 aliphatic heterocycles. The van der Waals surface area contributed by atoms with Crippen molar-refractivity contribution < 1.29 is 23.4 Å². The SMILES string of the molecule is CC1=C(C(=O)NCCN2Cc3ccccc3OC(c3ccccc3F)C2)OCCO1. The number of allylic oxidation sites excluding steroid dienone is 1. The Morgan fingerprint density at radius 3 is 2.73 bits per heavy atom. The van der Waals surface area contributed by atoms with Crippen molar-refractivity contribution >= 4 is 5.91 Å². The van der Waals surface area contributed by atoms with Crippen LogP contribution in [0.3, 0.4) is 0 Å². The van der Waals surface area contributed by atoms with Crippen LogP contribution in [-0.2, 0) is 20.8 Å². The fraction of sp³-hybridized carbons (Fsp3) is 0.348. The number of rotatable bonds is 5. The lowest BCUT2D eigenvalue weighted by Crippen LogP contribution is -2.38. The second kappa shape index (κ2) is 9.17. The number of hydrogen-bond acceptors (Lipinski definition) is 5. The molecule has 0 radical (unpaired) electrons. The van der Waals surface area contributed by atoms with Gasteiger partial charge in [-0.05, 0) is 19.1 Å². The maximum atomic E-state index is 14.4. The van der Waals surface area contributed by atoms with E-state index in [9.17, 15) is 9.18 Å². The van der Waals surface area contributed by atoms with Gasteiger partial charge in [0.15, 0.2) is 0 Å². The third kappa shape index (κ3) is 4.57. The number of benzene rings is 2. The number of nitrogens with zero attached hydrogens (tertiary/aromatic N) is 1. The van der Waals surface area contributed by atoms with E-state index in [4.69, 9.17) is 14.2 Å². The highest BCUT2D eigenvalue weighted by Gasteiger charge is 2.26. The van der Waals surface area contributed by atoms with Crippen molar-refractivity contribution in [2.45, 2.75) is 19.6 Å². The maximum Gasteiger partial charge on any atom is 0.289 e. The molecule has 30 heavy (non-hydrogen) atoms. The summed E-state index contributed by atoms with van der Waals surface area (Å²) in [5.41, 5.74) is 1.56. The fourth-order valence-electron chi connectivity index (χ4n) is 3.69. The molecule has 1 amide bonds. The molecule has 1 N–H and O–H groups in total. The lowest BCUT2D eigenvalue weighted by Gasteiger charge is -2.25. The van der Waals surface area contributed by atoms with Crippen LogP contribution in [-0.4, -0.2) is 43.7 Å². The van der Waals surface area contributed by atoms with Crippen LogP contribution >= 0.6 is 0 Å². The van der Waals surface area contributed by atoms with Crippen LogP contribution in [0, 0.1) is 5.82 Å². The Balaban J connectivity index is 1.45. The molecule has 6 nitrogen and oxygen atoms in total. The number of fused-ring (bicyclic) bond motifs is 1. The van der Waals surface area contributed by atoms with Gasteiger partial charge in [-0.3, -0.25) is 9.69 Å². The van der Waals surface area contributed by atoms with Crippen molar-refractivity contribution in [1.29, 1.82) is 0 Å². The summed E-state index contributed by atoms with van der Waals surface area (Å²) in [5.74, 6) is 0.910. The third-order valence-corrected chi connectivity index (χ3v) is 5.20. The fourth-order valence-corrected chi connectivity index (χ4v) is 3.69. The first-order valence-electron chi connectivity index (χ1n) is 10.1. The third-order valence-electron chi connectivity index (χ3n) is 5.20. The Morgan fingerprint density at radius 1 is 1.13 bits per heavy atom. The van der Waals surface area contributed by atoms with Gasteiger partial charge in [0.1, 0.15) is 36.6 Å². The molecule has 1 unspecified atom stereocenters. The van der Waals surface area contributed by atoms with Gasteiger partial charge in [-0.1, -0.05) is 36.4 Å². The number of carbonyl (C=O) groups excluding carboxylic acids is 1. The summed E-state index contributed by atoms with van der Waals surface area (Å²) in [4.78, 5) is 14.5. The van der Waals surface area contributed by atoms with Crippen LogP contribution in [0.1, 0.15) is 24.2 Å². The summed E-state index contributed by atoms with van der Waals surface area (Å²) < 4.78 is 31.4. The van der Waals surface area contributed by atoms with Crippen LogP contribution < -0.4 is 10.1 Å². The topological polar surface area (TPSA) is 60.0 Å². The second-order valence-electron chi connectivity index (χ2n) is 7.31. The summed E-state index contributed by atoms with van der Waals surface area (Å²) in [7, 11) is 0. The number of carbonyl (C=O) groups is 1. The van der Waals surface area contributed by atoms with Crippen molar-refractivity contribution in [1.82, 2.24) is 10.2 Å². The minimum absolute atomic E-state index is 0.232. The number of nitrogens with one attached hydrogen (secondary N) is 1. The molecule has 0 aromatic heterocycles. The highest BCUT2D eigenvalue weighted by molar-refractivity contribution is 5.91. The van der Waals surface area contributed by atoms with Crippen molar-refractivity contribution in [3.05, 3.63) is 77.0 Å². The van der Waals surface area contributed by atoms with Gasteiger partial charge in [0.2, 0.25) is 5.76 Å². The first-order valence-corrected chi connectivity index (χ1v) is 10.1. The normalized spacial score (nSPS) is 19.1. The summed E-state index contributed by atoms with van der Waals surface area (Å²) in [5, 5.41) is 2.88. The highest BCUT2D eigenvalue weighted by Crippen LogP contribution is 2.31. The van der Waals surface area contributed by atoms with Crippen molar-refractivity contribution in [3.63, 3.8) is 0 Å². The van der Waals surface area contributed by atoms with E-state index in [2.05, 4.69) is 10.2 Å². The van der Waals surface area contributed by atoms with E-state index in [1.165, 1.54) is 6.07 Å². The Bertz CT molecular complexity index is 946. The standard InChI is InChI=1S/C23H25FN2O4/c1-16-22(29-13-12-28-16)23(27)25-10-11-26-14-17-6-2-5-9-20(17)30-21(15-26)18-7-3-4-8-19(18)24/h2-9,21H,10-15H2,1H3,(H,25,27). The first-order chi connectivity index (χ1) is 14.6. The Kier molecular flexibility index (Phi) is 6.18. The number of amides is 1. The minimum atomic E-state index is -0.439. The lowest BCUT2D eigenvalue weighted by atomic mass is 10.1. The molecule has 2 aromatic carbocycles. The zero-order valence-electron chi connectivity index (χ0n) is 16.9. The van der Waals surface area contributed by atoms with Crippen LogP contribution in [0.5, 0.6) is 5.75 Å². The van der Waals surface area contributed by atoms with Crippen LogP contribution in [0.15, 0.2) is 60.0 Å². The highest BCUT2D eigenvalue weighted by atomic mass is 19.1. The maximum absolute atomic E-state index is 14.4. The monoisotopic (exact) mass is 412 g/mol. The zero-order chi connectivity index (χ0) is 20.9. The average molecular weight is 412 g/mol. The molecule has 0 spiro atoms. The van der Waals surface area contributed by atoms with E-state index in [-0.39, 0.29) is 17.5 Å². The van der Waals surface area contributed by atoms with Gasteiger partial charge in [0.25, 0.3) is 5.91 Å². The number of ether oxygens (including phenoxy) is 3. The molecule has 1 atom stereocenters. The summed E-state index contributed by atoms with van der Waals surface area (Å²) in [6.45, 7) is 4.70. The van der Waals surface area contributed by atoms with Crippen molar-refractivity contribution in [2.75, 3.05) is 32.8 Å². The second-order valence-corrected chi connectivity index (χ2v) is 7.31. The average Bonchev–Trinajstić information content (AvgIpc) is 2.93. The van der Waals surface area contributed by atoms with Gasteiger partial charge < -0.3 is 19.5 Å². The van der Waals surface area contributed by atoms with Crippen molar-refractivity contribution in [3.8, 4) is 5.75 Å². The summed E-state index contributed by atoms with van der Waals surface area (Å²) >= 11 is 0. The predicted octanol–water partition coefficient (Wildman–Crippen LogP) is 3.16. The van der Waals surface area contributed by atoms with E-state index < -0.39 is 6.10 Å². The van der Waals surface area contributed by atoms with E-state index in [0.29, 0.717) is 50.7 Å². The molecule has 0 aliphatic carbocycles. The number of halogens is 1. The number of para-hydroxylation sites is 1. The molecule has 0 saturated carbocycles. The molecule has 2 aliphatic rings. The van der Waals surface area contributed by atoms with Crippen LogP contribution in [0.2, 0.25) is 0 Å². The largest absolute Gasteiger partial charge is 0.491 e. The Labute approximate surface area is 175 Å². The molecule has 4 rings (SSSR count). The van der Waals surface area contributed by atoms with E-state index in [0.717, 1.165) is 11.3 Å². The lowest BCUT2D eigenvalue weighted by molar-refractivity contribution is -0.122. The summed E-state index contributed by atoms with van der Waals surface area (Å²) in [6.07, 6.45) is -0.439. The van der Waals surface area contributed by atoms with Gasteiger partial charge in [0.05, 0.1) is 0 Å². The molecule has 2 heterocycles. The molecule has 158 valence electrons. The first kappa shape index (κ1) is 20.2. The molecular formula is C23H25FN2O4.